The minimum atomic E-state index is -4.88. The molecule has 0 radical (unpaired) electrons. The predicted molar refractivity (Wildman–Crippen MR) is 90.0 cm³/mol. The van der Waals surface area contributed by atoms with E-state index in [9.17, 15) is 17.6 Å². The van der Waals surface area contributed by atoms with Crippen LogP contribution in [0.5, 0.6) is 5.75 Å². The molecular formula is C18H20F4OSi. The number of aryl methyl sites for hydroxylation is 1. The summed E-state index contributed by atoms with van der Waals surface area (Å²) >= 11 is 0. The zero-order chi connectivity index (χ0) is 17.6. The number of rotatable bonds is 7. The lowest BCUT2D eigenvalue weighted by atomic mass is 10.1. The van der Waals surface area contributed by atoms with Gasteiger partial charge in [-0.1, -0.05) is 54.4 Å². The van der Waals surface area contributed by atoms with E-state index in [0.717, 1.165) is 36.2 Å². The first-order valence-corrected chi connectivity index (χ1v) is 9.70. The standard InChI is InChI=1S/C18H20F4OSi/c1-2-3-4-13-5-7-14(8-6-13)12-24-15-9-10-17(16(19)11-15)23-18(20,21)22/h5-11H,2-4,12,24H2,1H3. The maximum atomic E-state index is 13.7. The van der Waals surface area contributed by atoms with Crippen LogP contribution in [0.1, 0.15) is 30.9 Å². The lowest BCUT2D eigenvalue weighted by Crippen LogP contribution is -2.21. The van der Waals surface area contributed by atoms with E-state index < -0.39 is 27.4 Å². The summed E-state index contributed by atoms with van der Waals surface area (Å²) in [4.78, 5) is 0. The van der Waals surface area contributed by atoms with Crippen LogP contribution in [0.15, 0.2) is 42.5 Å². The number of hydrogen-bond acceptors (Lipinski definition) is 1. The van der Waals surface area contributed by atoms with Gasteiger partial charge in [0.25, 0.3) is 0 Å². The predicted octanol–water partition coefficient (Wildman–Crippen LogP) is 4.06. The van der Waals surface area contributed by atoms with Gasteiger partial charge in [0.2, 0.25) is 0 Å². The number of unbranched alkanes of at least 4 members (excludes halogenated alkanes) is 1. The number of benzene rings is 2. The van der Waals surface area contributed by atoms with Crippen molar-refractivity contribution >= 4 is 14.7 Å². The van der Waals surface area contributed by atoms with Crippen LogP contribution in [0.2, 0.25) is 0 Å². The molecule has 0 N–H and O–H groups in total. The van der Waals surface area contributed by atoms with E-state index >= 15 is 0 Å². The molecule has 0 aromatic heterocycles. The second-order valence-electron chi connectivity index (χ2n) is 5.73. The van der Waals surface area contributed by atoms with Crippen molar-refractivity contribution in [1.29, 1.82) is 0 Å². The fourth-order valence-electron chi connectivity index (χ4n) is 2.45. The molecule has 24 heavy (non-hydrogen) atoms. The Morgan fingerprint density at radius 2 is 1.67 bits per heavy atom. The van der Waals surface area contributed by atoms with E-state index in [1.165, 1.54) is 23.6 Å². The maximum absolute atomic E-state index is 13.7. The molecule has 0 heterocycles. The van der Waals surface area contributed by atoms with Crippen molar-refractivity contribution in [2.24, 2.45) is 0 Å². The highest BCUT2D eigenvalue weighted by Gasteiger charge is 2.32. The van der Waals surface area contributed by atoms with Gasteiger partial charge in [0.15, 0.2) is 11.6 Å². The molecule has 0 aliphatic carbocycles. The topological polar surface area (TPSA) is 9.23 Å². The van der Waals surface area contributed by atoms with Crippen LogP contribution in [0, 0.1) is 5.82 Å². The van der Waals surface area contributed by atoms with Crippen LogP contribution >= 0.6 is 0 Å². The Bertz CT molecular complexity index is 653. The molecule has 2 rings (SSSR count). The number of hydrogen-bond donors (Lipinski definition) is 0. The third kappa shape index (κ3) is 6.00. The van der Waals surface area contributed by atoms with Gasteiger partial charge in [-0.05, 0) is 36.6 Å². The molecule has 0 unspecified atom stereocenters. The second-order valence-corrected chi connectivity index (χ2v) is 7.55. The van der Waals surface area contributed by atoms with Gasteiger partial charge in [0.1, 0.15) is 0 Å². The lowest BCUT2D eigenvalue weighted by Gasteiger charge is -2.10. The molecule has 2 aromatic rings. The van der Waals surface area contributed by atoms with Crippen molar-refractivity contribution in [2.75, 3.05) is 0 Å². The van der Waals surface area contributed by atoms with Crippen LogP contribution < -0.4 is 9.92 Å². The summed E-state index contributed by atoms with van der Waals surface area (Å²) in [6, 6.07) is 13.0. The van der Waals surface area contributed by atoms with Crippen LogP contribution in [-0.4, -0.2) is 15.9 Å². The van der Waals surface area contributed by atoms with Gasteiger partial charge >= 0.3 is 6.36 Å². The van der Waals surface area contributed by atoms with Crippen LogP contribution in [0.4, 0.5) is 17.6 Å². The minimum absolute atomic E-state index is 0.775. The molecule has 0 aliphatic heterocycles. The van der Waals surface area contributed by atoms with Gasteiger partial charge in [-0.2, -0.15) is 0 Å². The molecule has 0 bridgehead atoms. The smallest absolute Gasteiger partial charge is 0.403 e. The Kier molecular flexibility index (Phi) is 6.42. The van der Waals surface area contributed by atoms with E-state index in [4.69, 9.17) is 0 Å². The average Bonchev–Trinajstić information content (AvgIpc) is 2.53. The highest BCUT2D eigenvalue weighted by atomic mass is 28.2. The Balaban J connectivity index is 1.93. The van der Waals surface area contributed by atoms with E-state index in [-0.39, 0.29) is 0 Å². The summed E-state index contributed by atoms with van der Waals surface area (Å²) in [5.41, 5.74) is 2.49. The fraction of sp³-hybridized carbons (Fsp3) is 0.333. The largest absolute Gasteiger partial charge is 0.573 e. The first-order chi connectivity index (χ1) is 11.4. The van der Waals surface area contributed by atoms with Crippen molar-refractivity contribution in [2.45, 2.75) is 38.6 Å². The van der Waals surface area contributed by atoms with E-state index in [1.807, 2.05) is 0 Å². The Labute approximate surface area is 141 Å². The average molecular weight is 356 g/mol. The quantitative estimate of drug-likeness (QED) is 0.537. The molecule has 0 aliphatic rings. The molecular weight excluding hydrogens is 336 g/mol. The summed E-state index contributed by atoms with van der Waals surface area (Å²) in [5, 5.41) is 0.775. The molecule has 0 spiro atoms. The van der Waals surface area contributed by atoms with Crippen LogP contribution in [0.3, 0.4) is 0 Å². The maximum Gasteiger partial charge on any atom is 0.573 e. The number of alkyl halides is 3. The Morgan fingerprint density at radius 1 is 1.00 bits per heavy atom. The second kappa shape index (κ2) is 8.33. The first kappa shape index (κ1) is 18.5. The van der Waals surface area contributed by atoms with E-state index in [2.05, 4.69) is 35.9 Å². The van der Waals surface area contributed by atoms with Crippen molar-refractivity contribution in [3.8, 4) is 5.75 Å². The van der Waals surface area contributed by atoms with Crippen molar-refractivity contribution in [3.63, 3.8) is 0 Å². The van der Waals surface area contributed by atoms with Gasteiger partial charge < -0.3 is 4.74 Å². The van der Waals surface area contributed by atoms with Crippen LogP contribution in [-0.2, 0) is 12.5 Å². The molecule has 0 saturated heterocycles. The third-order valence-corrected chi connectivity index (χ3v) is 5.61. The normalized spacial score (nSPS) is 12.0. The molecule has 0 saturated carbocycles. The zero-order valence-corrected chi connectivity index (χ0v) is 14.9. The van der Waals surface area contributed by atoms with E-state index in [1.54, 1.807) is 0 Å². The van der Waals surface area contributed by atoms with Crippen molar-refractivity contribution < 1.29 is 22.3 Å². The highest BCUT2D eigenvalue weighted by molar-refractivity contribution is 6.52. The van der Waals surface area contributed by atoms with Gasteiger partial charge in [-0.25, -0.2) is 4.39 Å². The molecule has 0 amide bonds. The lowest BCUT2D eigenvalue weighted by molar-refractivity contribution is -0.275. The molecule has 130 valence electrons. The number of halogens is 4. The van der Waals surface area contributed by atoms with E-state index in [0.29, 0.717) is 0 Å². The summed E-state index contributed by atoms with van der Waals surface area (Å²) < 4.78 is 53.7. The highest BCUT2D eigenvalue weighted by Crippen LogP contribution is 2.24. The third-order valence-electron chi connectivity index (χ3n) is 3.77. The van der Waals surface area contributed by atoms with Gasteiger partial charge in [0.05, 0.1) is 9.52 Å². The summed E-state index contributed by atoms with van der Waals surface area (Å²) in [7, 11) is -0.794. The molecule has 6 heteroatoms. The first-order valence-electron chi connectivity index (χ1n) is 7.99. The monoisotopic (exact) mass is 356 g/mol. The minimum Gasteiger partial charge on any atom is -0.403 e. The SMILES string of the molecule is CCCCc1ccc(C[SiH2]c2ccc(OC(F)(F)F)c(F)c2)cc1. The number of ether oxygens (including phenoxy) is 1. The zero-order valence-electron chi connectivity index (χ0n) is 13.5. The Morgan fingerprint density at radius 3 is 2.25 bits per heavy atom. The van der Waals surface area contributed by atoms with Gasteiger partial charge in [0, 0.05) is 0 Å². The molecule has 2 aromatic carbocycles. The fourth-order valence-corrected chi connectivity index (χ4v) is 3.97. The Hall–Kier alpha value is -1.82. The van der Waals surface area contributed by atoms with Crippen molar-refractivity contribution in [1.82, 2.24) is 0 Å². The molecule has 1 nitrogen and oxygen atoms in total. The van der Waals surface area contributed by atoms with Gasteiger partial charge in [-0.3, -0.25) is 0 Å². The van der Waals surface area contributed by atoms with Crippen molar-refractivity contribution in [3.05, 3.63) is 59.4 Å². The molecule has 0 fully saturated rings. The summed E-state index contributed by atoms with van der Waals surface area (Å²) in [6.07, 6.45) is -1.48. The van der Waals surface area contributed by atoms with Crippen LogP contribution in [0.25, 0.3) is 0 Å². The molecule has 0 atom stereocenters. The summed E-state index contributed by atoms with van der Waals surface area (Å²) in [5.74, 6) is -1.74. The summed E-state index contributed by atoms with van der Waals surface area (Å²) in [6.45, 7) is 2.16. The van der Waals surface area contributed by atoms with Gasteiger partial charge in [-0.15, -0.1) is 13.2 Å².